The van der Waals surface area contributed by atoms with Gasteiger partial charge >= 0.3 is 0 Å². The summed E-state index contributed by atoms with van der Waals surface area (Å²) in [5.41, 5.74) is 2.81. The normalized spacial score (nSPS) is 12.1. The fourth-order valence-electron chi connectivity index (χ4n) is 3.65. The van der Waals surface area contributed by atoms with Crippen LogP contribution < -0.4 is 10.0 Å². The smallest absolute Gasteiger partial charge is 0.255 e. The van der Waals surface area contributed by atoms with Gasteiger partial charge in [0.05, 0.1) is 15.9 Å². The zero-order chi connectivity index (χ0) is 23.8. The molecule has 4 rings (SSSR count). The Kier molecular flexibility index (Phi) is 5.82. The molecular formula is C25H26N4O3S. The summed E-state index contributed by atoms with van der Waals surface area (Å²) in [4.78, 5) is 17.6. The van der Waals surface area contributed by atoms with Crippen LogP contribution in [0.15, 0.2) is 77.7 Å². The lowest BCUT2D eigenvalue weighted by atomic mass is 10.1. The number of carbonyl (C=O) groups is 1. The number of anilines is 1. The maximum atomic E-state index is 12.9. The van der Waals surface area contributed by atoms with Crippen LogP contribution in [0.1, 0.15) is 37.0 Å². The highest BCUT2D eigenvalue weighted by Gasteiger charge is 2.22. The van der Waals surface area contributed by atoms with Gasteiger partial charge in [0.2, 0.25) is 10.0 Å². The maximum absolute atomic E-state index is 12.9. The molecule has 0 saturated heterocycles. The van der Waals surface area contributed by atoms with Crippen LogP contribution in [0.2, 0.25) is 0 Å². The highest BCUT2D eigenvalue weighted by Crippen LogP contribution is 2.23. The summed E-state index contributed by atoms with van der Waals surface area (Å²) in [5, 5.41) is 2.79. The van der Waals surface area contributed by atoms with Gasteiger partial charge in [0.15, 0.2) is 0 Å². The molecule has 0 saturated carbocycles. The monoisotopic (exact) mass is 462 g/mol. The zero-order valence-corrected chi connectivity index (χ0v) is 19.8. The van der Waals surface area contributed by atoms with Crippen molar-refractivity contribution >= 4 is 32.7 Å². The average Bonchev–Trinajstić information content (AvgIpc) is 3.07. The molecule has 1 heterocycles. The molecule has 7 nitrogen and oxygen atoms in total. The zero-order valence-electron chi connectivity index (χ0n) is 19.0. The van der Waals surface area contributed by atoms with Crippen LogP contribution in [-0.4, -0.2) is 29.4 Å². The van der Waals surface area contributed by atoms with Crippen LogP contribution in [0.4, 0.5) is 5.69 Å². The van der Waals surface area contributed by atoms with Crippen LogP contribution in [-0.2, 0) is 10.0 Å². The number of carbonyl (C=O) groups excluding carboxylic acids is 1. The minimum Gasteiger partial charge on any atom is -0.322 e. The second kappa shape index (κ2) is 8.46. The van der Waals surface area contributed by atoms with Crippen molar-refractivity contribution in [1.29, 1.82) is 0 Å². The Labute approximate surface area is 193 Å². The van der Waals surface area contributed by atoms with Crippen molar-refractivity contribution in [3.63, 3.8) is 0 Å². The number of aryl methyl sites for hydroxylation is 1. The predicted octanol–water partition coefficient (Wildman–Crippen LogP) is 4.66. The molecule has 170 valence electrons. The van der Waals surface area contributed by atoms with Gasteiger partial charge in [-0.05, 0) is 76.2 Å². The van der Waals surface area contributed by atoms with Gasteiger partial charge in [-0.2, -0.15) is 0 Å². The van der Waals surface area contributed by atoms with E-state index < -0.39 is 15.6 Å². The largest absolute Gasteiger partial charge is 0.322 e. The van der Waals surface area contributed by atoms with Crippen molar-refractivity contribution in [3.05, 3.63) is 84.2 Å². The van der Waals surface area contributed by atoms with Gasteiger partial charge in [0.25, 0.3) is 5.91 Å². The van der Waals surface area contributed by atoms with Crippen LogP contribution in [0.3, 0.4) is 0 Å². The van der Waals surface area contributed by atoms with E-state index in [9.17, 15) is 13.2 Å². The van der Waals surface area contributed by atoms with Gasteiger partial charge in [0.1, 0.15) is 5.82 Å². The molecule has 0 bridgehead atoms. The molecule has 0 aliphatic heterocycles. The molecule has 33 heavy (non-hydrogen) atoms. The van der Waals surface area contributed by atoms with Gasteiger partial charge in [0, 0.05) is 22.5 Å². The number of benzene rings is 3. The Hall–Kier alpha value is -3.49. The molecule has 8 heteroatoms. The molecule has 0 aliphatic carbocycles. The standard InChI is InChI=1S/C25H26N4O3S/c1-17-26-22-15-18(13-14-23(22)29(17)20-10-6-5-7-11-20)24(30)27-19-9-8-12-21(16-19)33(31,32)28-25(2,3)4/h5-16,28H,1-4H3,(H,27,30). The lowest BCUT2D eigenvalue weighted by Crippen LogP contribution is -2.40. The molecule has 1 amide bonds. The lowest BCUT2D eigenvalue weighted by Gasteiger charge is -2.20. The van der Waals surface area contributed by atoms with E-state index in [4.69, 9.17) is 0 Å². The molecular weight excluding hydrogens is 436 g/mol. The third-order valence-electron chi connectivity index (χ3n) is 4.94. The Balaban J connectivity index is 1.60. The fraction of sp³-hybridized carbons (Fsp3) is 0.200. The van der Waals surface area contributed by atoms with Crippen LogP contribution in [0.5, 0.6) is 0 Å². The number of imidazole rings is 1. The van der Waals surface area contributed by atoms with Crippen molar-refractivity contribution in [2.45, 2.75) is 38.1 Å². The number of hydrogen-bond donors (Lipinski definition) is 2. The van der Waals surface area contributed by atoms with Gasteiger partial charge in [-0.1, -0.05) is 24.3 Å². The number of fused-ring (bicyclic) bond motifs is 1. The van der Waals surface area contributed by atoms with E-state index in [1.807, 2.05) is 47.9 Å². The Morgan fingerprint density at radius 2 is 1.67 bits per heavy atom. The molecule has 3 aromatic carbocycles. The second-order valence-electron chi connectivity index (χ2n) is 8.87. The van der Waals surface area contributed by atoms with Crippen molar-refractivity contribution < 1.29 is 13.2 Å². The van der Waals surface area contributed by atoms with E-state index in [0.717, 1.165) is 17.0 Å². The highest BCUT2D eigenvalue weighted by molar-refractivity contribution is 7.89. The van der Waals surface area contributed by atoms with E-state index in [0.29, 0.717) is 16.8 Å². The Morgan fingerprint density at radius 1 is 0.939 bits per heavy atom. The number of amides is 1. The van der Waals surface area contributed by atoms with E-state index >= 15 is 0 Å². The molecule has 1 aromatic heterocycles. The first-order valence-corrected chi connectivity index (χ1v) is 12.0. The minimum absolute atomic E-state index is 0.0860. The molecule has 0 aliphatic rings. The number of aromatic nitrogens is 2. The summed E-state index contributed by atoms with van der Waals surface area (Å²) in [7, 11) is -3.71. The summed E-state index contributed by atoms with van der Waals surface area (Å²) in [6.07, 6.45) is 0. The first kappa shape index (κ1) is 22.7. The molecule has 4 aromatic rings. The number of sulfonamides is 1. The first-order valence-electron chi connectivity index (χ1n) is 10.5. The molecule has 0 spiro atoms. The SMILES string of the molecule is Cc1nc2cc(C(=O)Nc3cccc(S(=O)(=O)NC(C)(C)C)c3)ccc2n1-c1ccccc1. The van der Waals surface area contributed by atoms with Gasteiger partial charge in [-0.3, -0.25) is 9.36 Å². The summed E-state index contributed by atoms with van der Waals surface area (Å²) in [6, 6.07) is 21.4. The summed E-state index contributed by atoms with van der Waals surface area (Å²) >= 11 is 0. The molecule has 0 fully saturated rings. The molecule has 2 N–H and O–H groups in total. The van der Waals surface area contributed by atoms with Gasteiger partial charge < -0.3 is 5.32 Å². The molecule has 0 unspecified atom stereocenters. The molecule has 0 radical (unpaired) electrons. The quantitative estimate of drug-likeness (QED) is 0.451. The second-order valence-corrected chi connectivity index (χ2v) is 10.6. The number of hydrogen-bond acceptors (Lipinski definition) is 4. The summed E-state index contributed by atoms with van der Waals surface area (Å²) in [5.74, 6) is 0.472. The Bertz CT molecular complexity index is 1440. The van der Waals surface area contributed by atoms with E-state index in [1.54, 1.807) is 45.0 Å². The van der Waals surface area contributed by atoms with E-state index in [1.165, 1.54) is 12.1 Å². The van der Waals surface area contributed by atoms with E-state index in [-0.39, 0.29) is 10.8 Å². The summed E-state index contributed by atoms with van der Waals surface area (Å²) < 4.78 is 29.9. The number of nitrogens with one attached hydrogen (secondary N) is 2. The van der Waals surface area contributed by atoms with Crippen molar-refractivity contribution in [2.24, 2.45) is 0 Å². The van der Waals surface area contributed by atoms with Crippen LogP contribution in [0, 0.1) is 6.92 Å². The fourth-order valence-corrected chi connectivity index (χ4v) is 5.12. The maximum Gasteiger partial charge on any atom is 0.255 e. The number of para-hydroxylation sites is 1. The van der Waals surface area contributed by atoms with Gasteiger partial charge in [-0.25, -0.2) is 18.1 Å². The lowest BCUT2D eigenvalue weighted by molar-refractivity contribution is 0.102. The van der Waals surface area contributed by atoms with Crippen molar-refractivity contribution in [2.75, 3.05) is 5.32 Å². The predicted molar refractivity (Wildman–Crippen MR) is 130 cm³/mol. The third kappa shape index (κ3) is 4.97. The van der Waals surface area contributed by atoms with Crippen LogP contribution >= 0.6 is 0 Å². The summed E-state index contributed by atoms with van der Waals surface area (Å²) in [6.45, 7) is 7.23. The molecule has 0 atom stereocenters. The topological polar surface area (TPSA) is 93.1 Å². The number of rotatable bonds is 5. The third-order valence-corrected chi connectivity index (χ3v) is 6.70. The van der Waals surface area contributed by atoms with Crippen LogP contribution in [0.25, 0.3) is 16.7 Å². The average molecular weight is 463 g/mol. The van der Waals surface area contributed by atoms with Gasteiger partial charge in [-0.15, -0.1) is 0 Å². The van der Waals surface area contributed by atoms with E-state index in [2.05, 4.69) is 15.0 Å². The van der Waals surface area contributed by atoms with Crippen molar-refractivity contribution in [1.82, 2.24) is 14.3 Å². The highest BCUT2D eigenvalue weighted by atomic mass is 32.2. The van der Waals surface area contributed by atoms with Crippen molar-refractivity contribution in [3.8, 4) is 5.69 Å². The Morgan fingerprint density at radius 3 is 2.36 bits per heavy atom. The first-order chi connectivity index (χ1) is 15.5. The number of nitrogens with zero attached hydrogens (tertiary/aromatic N) is 2. The minimum atomic E-state index is -3.71.